The number of carbonyl (C=O) groups is 1. The minimum atomic E-state index is -4.37. The number of piperidine rings is 1. The van der Waals surface area contributed by atoms with Crippen LogP contribution in [0, 0.1) is 0 Å². The van der Waals surface area contributed by atoms with E-state index in [4.69, 9.17) is 16.3 Å². The molecule has 0 aliphatic carbocycles. The quantitative estimate of drug-likeness (QED) is 0.350. The Kier molecular flexibility index (Phi) is 6.39. The average molecular weight is 541 g/mol. The monoisotopic (exact) mass is 540 g/mol. The molecule has 6 rings (SSSR count). The van der Waals surface area contributed by atoms with E-state index in [0.29, 0.717) is 52.6 Å². The van der Waals surface area contributed by atoms with Gasteiger partial charge in [0, 0.05) is 29.9 Å². The third-order valence-corrected chi connectivity index (χ3v) is 8.60. The van der Waals surface area contributed by atoms with Crippen molar-refractivity contribution in [2.24, 2.45) is 0 Å². The number of alkyl halides is 3. The molecular weight excluding hydrogens is 513 g/mol. The molecule has 0 N–H and O–H groups in total. The zero-order chi connectivity index (χ0) is 26.6. The Morgan fingerprint density at radius 1 is 0.921 bits per heavy atom. The van der Waals surface area contributed by atoms with Crippen molar-refractivity contribution in [2.75, 3.05) is 18.5 Å². The second-order valence-corrected chi connectivity index (χ2v) is 10.9. The second kappa shape index (κ2) is 9.62. The summed E-state index contributed by atoms with van der Waals surface area (Å²) >= 11 is 6.62. The molecule has 2 bridgehead atoms. The molecule has 3 aliphatic heterocycles. The Balaban J connectivity index is 1.17. The fourth-order valence-corrected chi connectivity index (χ4v) is 6.38. The van der Waals surface area contributed by atoms with Crippen molar-refractivity contribution in [3.8, 4) is 16.9 Å². The number of rotatable bonds is 4. The van der Waals surface area contributed by atoms with Gasteiger partial charge in [0.1, 0.15) is 11.9 Å². The van der Waals surface area contributed by atoms with Gasteiger partial charge in [0.25, 0.3) is 5.91 Å². The van der Waals surface area contributed by atoms with Crippen LogP contribution in [-0.2, 0) is 12.6 Å². The molecule has 8 heteroatoms. The van der Waals surface area contributed by atoms with Crippen molar-refractivity contribution < 1.29 is 22.7 Å². The van der Waals surface area contributed by atoms with Crippen LogP contribution in [0.2, 0.25) is 5.02 Å². The van der Waals surface area contributed by atoms with Gasteiger partial charge in [0.2, 0.25) is 0 Å². The van der Waals surface area contributed by atoms with E-state index in [0.717, 1.165) is 36.1 Å². The smallest absolute Gasteiger partial charge is 0.416 e. The van der Waals surface area contributed by atoms with E-state index in [1.54, 1.807) is 23.1 Å². The van der Waals surface area contributed by atoms with Crippen molar-refractivity contribution in [3.63, 3.8) is 0 Å². The van der Waals surface area contributed by atoms with E-state index in [1.165, 1.54) is 25.0 Å². The predicted molar refractivity (Wildman–Crippen MR) is 142 cm³/mol. The van der Waals surface area contributed by atoms with Crippen molar-refractivity contribution in [2.45, 2.75) is 56.5 Å². The first kappa shape index (κ1) is 25.3. The maximum absolute atomic E-state index is 13.4. The van der Waals surface area contributed by atoms with Crippen molar-refractivity contribution >= 4 is 23.2 Å². The molecular formula is C30H28ClF3N2O2. The number of ether oxygens (including phenoxy) is 1. The number of fused-ring (bicyclic) bond motifs is 3. The molecule has 3 aromatic rings. The minimum Gasteiger partial charge on any atom is -0.489 e. The molecule has 38 heavy (non-hydrogen) atoms. The van der Waals surface area contributed by atoms with Gasteiger partial charge in [-0.15, -0.1) is 0 Å². The summed E-state index contributed by atoms with van der Waals surface area (Å²) in [4.78, 5) is 17.5. The van der Waals surface area contributed by atoms with Crippen molar-refractivity contribution in [1.29, 1.82) is 0 Å². The van der Waals surface area contributed by atoms with Gasteiger partial charge in [0.05, 0.1) is 10.6 Å². The summed E-state index contributed by atoms with van der Waals surface area (Å²) in [7, 11) is 2.20. The first-order valence-corrected chi connectivity index (χ1v) is 13.4. The van der Waals surface area contributed by atoms with E-state index in [-0.39, 0.29) is 12.0 Å². The van der Waals surface area contributed by atoms with Gasteiger partial charge >= 0.3 is 6.18 Å². The Hall–Kier alpha value is -3.03. The number of anilines is 1. The first-order chi connectivity index (χ1) is 18.2. The van der Waals surface area contributed by atoms with E-state index < -0.39 is 11.7 Å². The number of benzene rings is 3. The topological polar surface area (TPSA) is 32.8 Å². The van der Waals surface area contributed by atoms with Gasteiger partial charge < -0.3 is 14.5 Å². The van der Waals surface area contributed by atoms with Crippen LogP contribution in [0.4, 0.5) is 18.9 Å². The number of carbonyl (C=O) groups excluding carboxylic acids is 1. The fraction of sp³-hybridized carbons (Fsp3) is 0.367. The normalized spacial score (nSPS) is 23.4. The zero-order valence-corrected chi connectivity index (χ0v) is 21.7. The van der Waals surface area contributed by atoms with Crippen molar-refractivity contribution in [1.82, 2.24) is 4.90 Å². The lowest BCUT2D eigenvalue weighted by atomic mass is 9.93. The van der Waals surface area contributed by atoms with E-state index in [9.17, 15) is 18.0 Å². The summed E-state index contributed by atoms with van der Waals surface area (Å²) in [5, 5.41) is 0.491. The van der Waals surface area contributed by atoms with E-state index in [2.05, 4.69) is 11.9 Å². The SMILES string of the molecule is CN1[C@@H]2CC[C@H]1CC(Oc1ccc(N3CCc4cc(-c5ccc(C(F)(F)F)cc5)ccc4C3=O)cc1Cl)C2. The molecule has 2 fully saturated rings. The highest BCUT2D eigenvalue weighted by atomic mass is 35.5. The Labute approximate surface area is 225 Å². The van der Waals surface area contributed by atoms with E-state index in [1.807, 2.05) is 18.2 Å². The lowest BCUT2D eigenvalue weighted by Crippen LogP contribution is -2.43. The van der Waals surface area contributed by atoms with Crippen molar-refractivity contribution in [3.05, 3.63) is 82.4 Å². The molecule has 3 heterocycles. The van der Waals surface area contributed by atoms with Gasteiger partial charge in [-0.05, 0) is 92.2 Å². The van der Waals surface area contributed by atoms with Crippen LogP contribution in [0.15, 0.2) is 60.7 Å². The second-order valence-electron chi connectivity index (χ2n) is 10.5. The summed E-state index contributed by atoms with van der Waals surface area (Å²) in [5.74, 6) is 0.525. The maximum atomic E-state index is 13.4. The highest BCUT2D eigenvalue weighted by Gasteiger charge is 2.39. The lowest BCUT2D eigenvalue weighted by Gasteiger charge is -2.36. The lowest BCUT2D eigenvalue weighted by molar-refractivity contribution is -0.137. The van der Waals surface area contributed by atoms with Crippen LogP contribution in [0.3, 0.4) is 0 Å². The largest absolute Gasteiger partial charge is 0.489 e. The number of halogens is 4. The standard InChI is InChI=1S/C30H28ClF3N2O2/c1-35-22-7-8-23(35)16-25(15-22)38-28-11-9-24(17-27(28)31)36-13-12-20-14-19(4-10-26(20)29(36)37)18-2-5-21(6-3-18)30(32,33)34/h2-6,9-11,14,17,22-23,25H,7-8,12-13,15-16H2,1H3/t22-,23+,25?. The molecule has 3 atom stereocenters. The van der Waals surface area contributed by atoms with Crippen LogP contribution < -0.4 is 9.64 Å². The van der Waals surface area contributed by atoms with Crippen LogP contribution in [0.1, 0.15) is 47.2 Å². The fourth-order valence-electron chi connectivity index (χ4n) is 6.16. The average Bonchev–Trinajstić information content (AvgIpc) is 3.09. The van der Waals surface area contributed by atoms with Crippen LogP contribution in [0.5, 0.6) is 5.75 Å². The molecule has 0 spiro atoms. The molecule has 0 saturated carbocycles. The number of amides is 1. The summed E-state index contributed by atoms with van der Waals surface area (Å²) in [6, 6.07) is 17.2. The predicted octanol–water partition coefficient (Wildman–Crippen LogP) is 7.23. The summed E-state index contributed by atoms with van der Waals surface area (Å²) in [6.07, 6.45) is 0.848. The molecule has 1 amide bonds. The summed E-state index contributed by atoms with van der Waals surface area (Å²) in [6.45, 7) is 0.483. The number of hydrogen-bond donors (Lipinski definition) is 0. The molecule has 3 aliphatic rings. The number of nitrogens with zero attached hydrogens (tertiary/aromatic N) is 2. The van der Waals surface area contributed by atoms with Gasteiger partial charge in [-0.1, -0.05) is 35.9 Å². The molecule has 0 aromatic heterocycles. The van der Waals surface area contributed by atoms with Crippen LogP contribution in [0.25, 0.3) is 11.1 Å². The summed E-state index contributed by atoms with van der Waals surface area (Å²) in [5.41, 5.74) is 2.96. The van der Waals surface area contributed by atoms with Gasteiger partial charge in [-0.25, -0.2) is 0 Å². The van der Waals surface area contributed by atoms with Crippen LogP contribution in [-0.4, -0.2) is 42.6 Å². The molecule has 2 saturated heterocycles. The summed E-state index contributed by atoms with van der Waals surface area (Å²) < 4.78 is 45.0. The highest BCUT2D eigenvalue weighted by molar-refractivity contribution is 6.32. The minimum absolute atomic E-state index is 0.123. The third kappa shape index (κ3) is 4.67. The third-order valence-electron chi connectivity index (χ3n) is 8.31. The Morgan fingerprint density at radius 2 is 1.61 bits per heavy atom. The molecule has 198 valence electrons. The van der Waals surface area contributed by atoms with Gasteiger partial charge in [0.15, 0.2) is 0 Å². The van der Waals surface area contributed by atoms with E-state index >= 15 is 0 Å². The van der Waals surface area contributed by atoms with Gasteiger partial charge in [-0.3, -0.25) is 4.79 Å². The number of hydrogen-bond acceptors (Lipinski definition) is 3. The maximum Gasteiger partial charge on any atom is 0.416 e. The van der Waals surface area contributed by atoms with Gasteiger partial charge in [-0.2, -0.15) is 13.2 Å². The first-order valence-electron chi connectivity index (χ1n) is 13.0. The highest BCUT2D eigenvalue weighted by Crippen LogP contribution is 2.39. The molecule has 1 unspecified atom stereocenters. The molecule has 4 nitrogen and oxygen atoms in total. The Morgan fingerprint density at radius 3 is 2.26 bits per heavy atom. The molecule has 3 aromatic carbocycles. The Bertz CT molecular complexity index is 1360. The zero-order valence-electron chi connectivity index (χ0n) is 21.0. The molecule has 0 radical (unpaired) electrons. The van der Waals surface area contributed by atoms with Crippen LogP contribution >= 0.6 is 11.6 Å².